The van der Waals surface area contributed by atoms with E-state index in [1.807, 2.05) is 59.3 Å². The lowest BCUT2D eigenvalue weighted by molar-refractivity contribution is 0.0838. The number of carbonyl (C=O) groups excluding carboxylic acids is 1. The van der Waals surface area contributed by atoms with Gasteiger partial charge < -0.3 is 15.0 Å². The van der Waals surface area contributed by atoms with Gasteiger partial charge in [-0.15, -0.1) is 12.4 Å². The van der Waals surface area contributed by atoms with Crippen LogP contribution in [-0.4, -0.2) is 46.4 Å². The molecule has 0 radical (unpaired) electrons. The van der Waals surface area contributed by atoms with E-state index >= 15 is 0 Å². The van der Waals surface area contributed by atoms with Crippen molar-refractivity contribution >= 4 is 29.4 Å². The van der Waals surface area contributed by atoms with Crippen LogP contribution in [0.5, 0.6) is 0 Å². The third-order valence-electron chi connectivity index (χ3n) is 5.10. The first-order chi connectivity index (χ1) is 13.7. The van der Waals surface area contributed by atoms with Crippen LogP contribution in [0.15, 0.2) is 59.4 Å². The first-order valence-electron chi connectivity index (χ1n) is 9.57. The summed E-state index contributed by atoms with van der Waals surface area (Å²) in [7, 11) is 0. The Morgan fingerprint density at radius 2 is 1.86 bits per heavy atom. The summed E-state index contributed by atoms with van der Waals surface area (Å²) in [5.74, 6) is 0. The maximum Gasteiger partial charge on any atom is 0.410 e. The Labute approximate surface area is 175 Å². The van der Waals surface area contributed by atoms with Crippen molar-refractivity contribution in [2.24, 2.45) is 0 Å². The number of para-hydroxylation sites is 1. The van der Waals surface area contributed by atoms with Crippen LogP contribution in [0.1, 0.15) is 12.0 Å². The molecule has 1 fully saturated rings. The molecule has 1 amide bonds. The van der Waals surface area contributed by atoms with Gasteiger partial charge in [-0.05, 0) is 24.1 Å². The van der Waals surface area contributed by atoms with Crippen molar-refractivity contribution in [2.45, 2.75) is 25.6 Å². The molecule has 0 saturated carbocycles. The standard InChI is InChI=1S/C21H24N4O3.ClH/c26-20-18-8-4-5-9-19(18)25(23-20)12-10-17-14-24(13-11-22-17)21(27)28-15-16-6-2-1-3-7-16;/h1-9,17,22H,10-15H2,(H,23,26);1H/t17-;/m1./s1. The largest absolute Gasteiger partial charge is 0.445 e. The highest BCUT2D eigenvalue weighted by atomic mass is 35.5. The lowest BCUT2D eigenvalue weighted by Crippen LogP contribution is -2.53. The Balaban J connectivity index is 0.00000240. The van der Waals surface area contributed by atoms with Crippen LogP contribution in [0.4, 0.5) is 4.79 Å². The molecular formula is C21H25ClN4O3. The van der Waals surface area contributed by atoms with E-state index in [9.17, 15) is 9.59 Å². The molecule has 1 atom stereocenters. The molecule has 4 rings (SSSR count). The second-order valence-electron chi connectivity index (χ2n) is 7.04. The zero-order valence-electron chi connectivity index (χ0n) is 16.0. The van der Waals surface area contributed by atoms with Gasteiger partial charge in [-0.2, -0.15) is 0 Å². The van der Waals surface area contributed by atoms with E-state index in [-0.39, 0.29) is 36.7 Å². The number of nitrogens with one attached hydrogen (secondary N) is 2. The second kappa shape index (κ2) is 9.62. The van der Waals surface area contributed by atoms with Crippen LogP contribution in [-0.2, 0) is 17.9 Å². The van der Waals surface area contributed by atoms with E-state index in [2.05, 4.69) is 10.4 Å². The van der Waals surface area contributed by atoms with Crippen molar-refractivity contribution in [3.63, 3.8) is 0 Å². The predicted octanol–water partition coefficient (Wildman–Crippen LogP) is 2.75. The normalized spacial score (nSPS) is 16.4. The van der Waals surface area contributed by atoms with Crippen molar-refractivity contribution in [1.82, 2.24) is 20.0 Å². The van der Waals surface area contributed by atoms with Crippen LogP contribution >= 0.6 is 12.4 Å². The van der Waals surface area contributed by atoms with Gasteiger partial charge >= 0.3 is 6.09 Å². The zero-order valence-corrected chi connectivity index (χ0v) is 16.9. The molecule has 0 bridgehead atoms. The number of carbonyl (C=O) groups is 1. The Kier molecular flexibility index (Phi) is 6.95. The fourth-order valence-corrected chi connectivity index (χ4v) is 3.60. The number of fused-ring (bicyclic) bond motifs is 1. The Hall–Kier alpha value is -2.77. The Bertz CT molecular complexity index is 1000. The summed E-state index contributed by atoms with van der Waals surface area (Å²) >= 11 is 0. The molecule has 7 nitrogen and oxygen atoms in total. The minimum atomic E-state index is -0.282. The molecule has 0 unspecified atom stereocenters. The Morgan fingerprint density at radius 1 is 1.10 bits per heavy atom. The topological polar surface area (TPSA) is 79.4 Å². The Morgan fingerprint density at radius 3 is 2.69 bits per heavy atom. The predicted molar refractivity (Wildman–Crippen MR) is 114 cm³/mol. The second-order valence-corrected chi connectivity index (χ2v) is 7.04. The number of halogens is 1. The van der Waals surface area contributed by atoms with Crippen molar-refractivity contribution in [3.05, 3.63) is 70.5 Å². The minimum absolute atomic E-state index is 0. The average Bonchev–Trinajstić information content (AvgIpc) is 3.07. The van der Waals surface area contributed by atoms with E-state index < -0.39 is 0 Å². The summed E-state index contributed by atoms with van der Waals surface area (Å²) < 4.78 is 7.33. The van der Waals surface area contributed by atoms with Crippen LogP contribution < -0.4 is 10.9 Å². The van der Waals surface area contributed by atoms with Gasteiger partial charge in [0, 0.05) is 32.2 Å². The number of benzene rings is 2. The van der Waals surface area contributed by atoms with Gasteiger partial charge in [-0.1, -0.05) is 42.5 Å². The molecule has 2 heterocycles. The molecular weight excluding hydrogens is 392 g/mol. The summed E-state index contributed by atoms with van der Waals surface area (Å²) in [6, 6.07) is 17.4. The maximum atomic E-state index is 12.4. The summed E-state index contributed by atoms with van der Waals surface area (Å²) in [5.41, 5.74) is 1.81. The number of hydrogen-bond donors (Lipinski definition) is 2. The van der Waals surface area contributed by atoms with Gasteiger partial charge in [-0.25, -0.2) is 4.79 Å². The number of piperazine rings is 1. The van der Waals surface area contributed by atoms with Crippen LogP contribution in [0, 0.1) is 0 Å². The molecule has 154 valence electrons. The number of aromatic nitrogens is 2. The molecule has 8 heteroatoms. The van der Waals surface area contributed by atoms with Gasteiger partial charge in [0.05, 0.1) is 10.9 Å². The van der Waals surface area contributed by atoms with Gasteiger partial charge in [0.15, 0.2) is 0 Å². The van der Waals surface area contributed by atoms with Crippen LogP contribution in [0.25, 0.3) is 10.9 Å². The number of aryl methyl sites for hydroxylation is 1. The third-order valence-corrected chi connectivity index (χ3v) is 5.10. The number of hydrogen-bond acceptors (Lipinski definition) is 4. The van der Waals surface area contributed by atoms with Crippen molar-refractivity contribution in [1.29, 1.82) is 0 Å². The smallest absolute Gasteiger partial charge is 0.410 e. The molecule has 0 spiro atoms. The minimum Gasteiger partial charge on any atom is -0.445 e. The average molecular weight is 417 g/mol. The molecule has 2 N–H and O–H groups in total. The van der Waals surface area contributed by atoms with Crippen LogP contribution in [0.2, 0.25) is 0 Å². The highest BCUT2D eigenvalue weighted by molar-refractivity contribution is 5.85. The van der Waals surface area contributed by atoms with Gasteiger partial charge in [0.25, 0.3) is 5.56 Å². The number of ether oxygens (including phenoxy) is 1. The third kappa shape index (κ3) is 4.99. The van der Waals surface area contributed by atoms with E-state index in [0.717, 1.165) is 24.0 Å². The fourth-order valence-electron chi connectivity index (χ4n) is 3.60. The van der Waals surface area contributed by atoms with E-state index in [0.29, 0.717) is 25.0 Å². The quantitative estimate of drug-likeness (QED) is 0.670. The fraction of sp³-hybridized carbons (Fsp3) is 0.333. The summed E-state index contributed by atoms with van der Waals surface area (Å²) in [4.78, 5) is 26.2. The van der Waals surface area contributed by atoms with Crippen molar-refractivity contribution < 1.29 is 9.53 Å². The van der Waals surface area contributed by atoms with Gasteiger partial charge in [-0.3, -0.25) is 14.6 Å². The van der Waals surface area contributed by atoms with Gasteiger partial charge in [0.2, 0.25) is 0 Å². The lowest BCUT2D eigenvalue weighted by Gasteiger charge is -2.33. The van der Waals surface area contributed by atoms with E-state index in [1.165, 1.54) is 0 Å². The molecule has 3 aromatic rings. The van der Waals surface area contributed by atoms with Crippen molar-refractivity contribution in [2.75, 3.05) is 19.6 Å². The molecule has 1 aliphatic heterocycles. The molecule has 0 aliphatic carbocycles. The molecule has 1 aromatic heterocycles. The lowest BCUT2D eigenvalue weighted by atomic mass is 10.1. The first kappa shape index (κ1) is 21.0. The highest BCUT2D eigenvalue weighted by Gasteiger charge is 2.24. The number of nitrogens with zero attached hydrogens (tertiary/aromatic N) is 2. The highest BCUT2D eigenvalue weighted by Crippen LogP contribution is 2.12. The molecule has 1 saturated heterocycles. The number of aromatic amines is 1. The molecule has 29 heavy (non-hydrogen) atoms. The molecule has 1 aliphatic rings. The van der Waals surface area contributed by atoms with E-state index in [1.54, 1.807) is 4.90 Å². The summed E-state index contributed by atoms with van der Waals surface area (Å²) in [6.07, 6.45) is 0.520. The van der Waals surface area contributed by atoms with Gasteiger partial charge in [0.1, 0.15) is 6.61 Å². The summed E-state index contributed by atoms with van der Waals surface area (Å²) in [6.45, 7) is 2.91. The number of amides is 1. The van der Waals surface area contributed by atoms with E-state index in [4.69, 9.17) is 4.74 Å². The number of rotatable bonds is 5. The first-order valence-corrected chi connectivity index (χ1v) is 9.57. The van der Waals surface area contributed by atoms with Crippen LogP contribution in [0.3, 0.4) is 0 Å². The monoisotopic (exact) mass is 416 g/mol. The summed E-state index contributed by atoms with van der Waals surface area (Å²) in [5, 5.41) is 7.04. The maximum absolute atomic E-state index is 12.4. The number of H-pyrrole nitrogens is 1. The zero-order chi connectivity index (χ0) is 19.3. The SMILES string of the molecule is Cl.O=C(OCc1ccccc1)N1CCN[C@H](CCn2[nH]c(=O)c3ccccc32)C1. The molecule has 2 aromatic carbocycles. The van der Waals surface area contributed by atoms with Crippen molar-refractivity contribution in [3.8, 4) is 0 Å².